The first kappa shape index (κ1) is 18.2. The van der Waals surface area contributed by atoms with Gasteiger partial charge in [0.2, 0.25) is 6.79 Å². The average molecular weight is 348 g/mol. The molecular weight excluding hydrogens is 326 g/mol. The van der Waals surface area contributed by atoms with E-state index in [-0.39, 0.29) is 24.9 Å². The number of halogens is 1. The second kappa shape index (κ2) is 7.60. The van der Waals surface area contributed by atoms with E-state index in [1.54, 1.807) is 12.1 Å². The van der Waals surface area contributed by atoms with Crippen LogP contribution in [0.5, 0.6) is 17.2 Å². The molecule has 0 spiro atoms. The van der Waals surface area contributed by atoms with Gasteiger partial charge in [-0.15, -0.1) is 12.4 Å². The molecule has 4 nitrogen and oxygen atoms in total. The largest absolute Gasteiger partial charge is 0.508 e. The molecule has 1 aliphatic heterocycles. The summed E-state index contributed by atoms with van der Waals surface area (Å²) in [5.74, 6) is 1.80. The molecule has 0 radical (unpaired) electrons. The van der Waals surface area contributed by atoms with Crippen molar-refractivity contribution in [3.63, 3.8) is 0 Å². The number of aromatic hydroxyl groups is 1. The molecule has 24 heavy (non-hydrogen) atoms. The van der Waals surface area contributed by atoms with Gasteiger partial charge in [0.1, 0.15) is 5.75 Å². The number of hydrogen-bond acceptors (Lipinski definition) is 4. The number of ether oxygens (including phenoxy) is 2. The fourth-order valence-corrected chi connectivity index (χ4v) is 2.93. The van der Waals surface area contributed by atoms with Gasteiger partial charge in [0.25, 0.3) is 0 Å². The van der Waals surface area contributed by atoms with Crippen LogP contribution in [0.2, 0.25) is 0 Å². The van der Waals surface area contributed by atoms with Gasteiger partial charge in [0, 0.05) is 6.54 Å². The van der Waals surface area contributed by atoms with Gasteiger partial charge in [0.15, 0.2) is 11.5 Å². The van der Waals surface area contributed by atoms with E-state index in [4.69, 9.17) is 9.47 Å². The number of hydrogen-bond donors (Lipinski definition) is 1. The van der Waals surface area contributed by atoms with Crippen LogP contribution in [-0.2, 0) is 0 Å². The van der Waals surface area contributed by atoms with E-state index < -0.39 is 0 Å². The zero-order chi connectivity index (χ0) is 16.4. The highest BCUT2D eigenvalue weighted by Crippen LogP contribution is 2.37. The summed E-state index contributed by atoms with van der Waals surface area (Å²) >= 11 is 0. The topological polar surface area (TPSA) is 41.9 Å². The molecule has 0 fully saturated rings. The number of phenols is 1. The molecule has 5 heteroatoms. The molecular formula is C19H22ClNO3. The second-order valence-corrected chi connectivity index (χ2v) is 6.01. The number of phenolic OH excluding ortho intramolecular Hbond substituents is 1. The zero-order valence-corrected chi connectivity index (χ0v) is 14.9. The van der Waals surface area contributed by atoms with E-state index in [2.05, 4.69) is 11.8 Å². The van der Waals surface area contributed by atoms with Crippen LogP contribution in [0.3, 0.4) is 0 Å². The van der Waals surface area contributed by atoms with Gasteiger partial charge in [-0.2, -0.15) is 0 Å². The fraction of sp³-hybridized carbons (Fsp3) is 0.263. The van der Waals surface area contributed by atoms with Crippen LogP contribution in [0.4, 0.5) is 0 Å². The van der Waals surface area contributed by atoms with Crippen LogP contribution in [-0.4, -0.2) is 37.4 Å². The van der Waals surface area contributed by atoms with Crippen molar-refractivity contribution in [3.05, 3.63) is 59.2 Å². The molecule has 1 aliphatic rings. The van der Waals surface area contributed by atoms with Crippen molar-refractivity contribution in [1.29, 1.82) is 0 Å². The standard InChI is InChI=1S/C19H21NO3.ClH/c1-13(11-20(2)3)19(14-5-4-6-16(21)9-14)15-7-8-17-18(10-15)23-12-22-17;/h4-10,21H,11-12H2,1-3H3;1H. The van der Waals surface area contributed by atoms with Gasteiger partial charge < -0.3 is 19.5 Å². The first-order valence-corrected chi connectivity index (χ1v) is 7.58. The third kappa shape index (κ3) is 3.83. The van der Waals surface area contributed by atoms with E-state index in [0.717, 1.165) is 34.7 Å². The van der Waals surface area contributed by atoms with Crippen molar-refractivity contribution >= 4 is 18.0 Å². The lowest BCUT2D eigenvalue weighted by molar-refractivity contribution is 0.174. The molecule has 0 aromatic heterocycles. The number of rotatable bonds is 4. The minimum absolute atomic E-state index is 0. The summed E-state index contributed by atoms with van der Waals surface area (Å²) in [6.07, 6.45) is 0. The minimum Gasteiger partial charge on any atom is -0.508 e. The normalized spacial score (nSPS) is 13.5. The highest BCUT2D eigenvalue weighted by Gasteiger charge is 2.17. The number of nitrogens with zero attached hydrogens (tertiary/aromatic N) is 1. The Hall–Kier alpha value is -2.17. The molecule has 2 aromatic carbocycles. The van der Waals surface area contributed by atoms with Gasteiger partial charge in [-0.3, -0.25) is 0 Å². The molecule has 0 unspecified atom stereocenters. The van der Waals surface area contributed by atoms with Gasteiger partial charge in [-0.05, 0) is 62.0 Å². The highest BCUT2D eigenvalue weighted by atomic mass is 35.5. The Bertz CT molecular complexity index is 756. The summed E-state index contributed by atoms with van der Waals surface area (Å²) in [6, 6.07) is 13.3. The average Bonchev–Trinajstić information content (AvgIpc) is 2.94. The minimum atomic E-state index is 0. The van der Waals surface area contributed by atoms with Crippen LogP contribution >= 0.6 is 12.4 Å². The smallest absolute Gasteiger partial charge is 0.231 e. The summed E-state index contributed by atoms with van der Waals surface area (Å²) in [4.78, 5) is 2.13. The maximum atomic E-state index is 9.85. The Kier molecular flexibility index (Phi) is 5.75. The van der Waals surface area contributed by atoms with Crippen LogP contribution in [0, 0.1) is 0 Å². The number of fused-ring (bicyclic) bond motifs is 1. The summed E-state index contributed by atoms with van der Waals surface area (Å²) in [6.45, 7) is 3.21. The molecule has 128 valence electrons. The summed E-state index contributed by atoms with van der Waals surface area (Å²) in [5.41, 5.74) is 4.37. The van der Waals surface area contributed by atoms with Crippen molar-refractivity contribution in [2.75, 3.05) is 27.4 Å². The van der Waals surface area contributed by atoms with Gasteiger partial charge >= 0.3 is 0 Å². The first-order valence-electron chi connectivity index (χ1n) is 7.58. The summed E-state index contributed by atoms with van der Waals surface area (Å²) < 4.78 is 10.9. The Morgan fingerprint density at radius 2 is 1.75 bits per heavy atom. The second-order valence-electron chi connectivity index (χ2n) is 6.01. The maximum Gasteiger partial charge on any atom is 0.231 e. The number of benzene rings is 2. The molecule has 0 amide bonds. The third-order valence-corrected chi connectivity index (χ3v) is 3.78. The third-order valence-electron chi connectivity index (χ3n) is 3.78. The van der Waals surface area contributed by atoms with Gasteiger partial charge in [-0.25, -0.2) is 0 Å². The van der Waals surface area contributed by atoms with Gasteiger partial charge in [-0.1, -0.05) is 23.8 Å². The monoisotopic (exact) mass is 347 g/mol. The predicted octanol–water partition coefficient (Wildman–Crippen LogP) is 3.93. The van der Waals surface area contributed by atoms with E-state index >= 15 is 0 Å². The van der Waals surface area contributed by atoms with E-state index in [9.17, 15) is 5.11 Å². The highest BCUT2D eigenvalue weighted by molar-refractivity contribution is 5.85. The maximum absolute atomic E-state index is 9.85. The SMILES string of the molecule is CC(CN(C)C)=C(c1cccc(O)c1)c1ccc2c(c1)OCO2.Cl. The van der Waals surface area contributed by atoms with E-state index in [0.29, 0.717) is 0 Å². The molecule has 0 bridgehead atoms. The van der Waals surface area contributed by atoms with E-state index in [1.807, 2.05) is 44.4 Å². The van der Waals surface area contributed by atoms with Crippen LogP contribution in [0.15, 0.2) is 48.0 Å². The van der Waals surface area contributed by atoms with Crippen molar-refractivity contribution < 1.29 is 14.6 Å². The van der Waals surface area contributed by atoms with Crippen LogP contribution < -0.4 is 9.47 Å². The Labute approximate surface area is 148 Å². The van der Waals surface area contributed by atoms with Gasteiger partial charge in [0.05, 0.1) is 0 Å². The van der Waals surface area contributed by atoms with Crippen molar-refractivity contribution in [2.24, 2.45) is 0 Å². The Morgan fingerprint density at radius 1 is 1.04 bits per heavy atom. The molecule has 0 saturated carbocycles. The quantitative estimate of drug-likeness (QED) is 0.910. The molecule has 0 atom stereocenters. The van der Waals surface area contributed by atoms with Crippen LogP contribution in [0.25, 0.3) is 5.57 Å². The molecule has 0 aliphatic carbocycles. The summed E-state index contributed by atoms with van der Waals surface area (Å²) in [5, 5.41) is 9.85. The predicted molar refractivity (Wildman–Crippen MR) is 98.2 cm³/mol. The molecule has 1 heterocycles. The van der Waals surface area contributed by atoms with E-state index in [1.165, 1.54) is 5.57 Å². The van der Waals surface area contributed by atoms with Crippen molar-refractivity contribution in [3.8, 4) is 17.2 Å². The van der Waals surface area contributed by atoms with Crippen molar-refractivity contribution in [1.82, 2.24) is 4.90 Å². The molecule has 3 rings (SSSR count). The summed E-state index contributed by atoms with van der Waals surface area (Å²) in [7, 11) is 4.09. The fourth-order valence-electron chi connectivity index (χ4n) is 2.93. The Balaban J connectivity index is 0.00000208. The Morgan fingerprint density at radius 3 is 2.46 bits per heavy atom. The molecule has 0 saturated heterocycles. The lowest BCUT2D eigenvalue weighted by Crippen LogP contribution is -2.15. The lowest BCUT2D eigenvalue weighted by atomic mass is 9.93. The zero-order valence-electron chi connectivity index (χ0n) is 14.1. The lowest BCUT2D eigenvalue weighted by Gasteiger charge is -2.17. The van der Waals surface area contributed by atoms with Crippen molar-refractivity contribution in [2.45, 2.75) is 6.92 Å². The molecule has 1 N–H and O–H groups in total. The molecule has 2 aromatic rings. The van der Waals surface area contributed by atoms with Crippen LogP contribution in [0.1, 0.15) is 18.1 Å². The number of likely N-dealkylation sites (N-methyl/N-ethyl adjacent to an activating group) is 1. The first-order chi connectivity index (χ1) is 11.0.